The zero-order valence-corrected chi connectivity index (χ0v) is 64.1. The molecule has 0 amide bonds. The topological polar surface area (TPSA) is 239 Å². The van der Waals surface area contributed by atoms with E-state index < -0.39 is 0 Å². The van der Waals surface area contributed by atoms with Gasteiger partial charge in [0.25, 0.3) is 0 Å². The molecule has 9 heterocycles. The Balaban J connectivity index is 0.0000000937. The van der Waals surface area contributed by atoms with Gasteiger partial charge in [-0.05, 0) is 188 Å². The molecule has 19 heteroatoms. The molecule has 120 heavy (non-hydrogen) atoms. The summed E-state index contributed by atoms with van der Waals surface area (Å²) in [6.07, 6.45) is 1.03. The van der Waals surface area contributed by atoms with Crippen molar-refractivity contribution in [3.05, 3.63) is 409 Å². The van der Waals surface area contributed by atoms with Gasteiger partial charge in [0.2, 0.25) is 11.8 Å². The Morgan fingerprint density at radius 3 is 1.43 bits per heavy atom. The molecular formula is C101H69N15O4. The number of nitrogens with zero attached hydrogens (tertiary/aromatic N) is 10. The monoisotopic (exact) mass is 1560 g/mol. The largest absolute Gasteiger partial charge is 0.456 e. The van der Waals surface area contributed by atoms with Crippen molar-refractivity contribution in [3.63, 3.8) is 0 Å². The van der Waals surface area contributed by atoms with E-state index in [4.69, 9.17) is 27.7 Å². The number of hydrogen-bond donors (Lipinski definition) is 5. The second kappa shape index (κ2) is 31.3. The third kappa shape index (κ3) is 14.7. The SMILES string of the molecule is c1ccc(Nc2cccc(-n3nc4ccccc4n3)c2)cc1.c1ccc(Nc2cccc(C3N=c4ccccc4=N3)c2)cc1.c1ccc2c(c1)oc1cc(C3N=c4ccc(Nc5ccc6ncoc6c5)cc4=N3)ccc12.c1ccc2oc(-c3ccc4[nH]c5ccccc5c4c3)nc2c1.c1ccc2oc(-c3ccc4c(c3)[nH]c3ccccc34)nc2c1. The zero-order chi connectivity index (χ0) is 79.7. The van der Waals surface area contributed by atoms with Crippen LogP contribution in [0, 0.1) is 0 Å². The summed E-state index contributed by atoms with van der Waals surface area (Å²) in [6, 6.07) is 123. The van der Waals surface area contributed by atoms with Gasteiger partial charge in [0.15, 0.2) is 35.5 Å². The first kappa shape index (κ1) is 71.1. The van der Waals surface area contributed by atoms with Crippen molar-refractivity contribution in [2.45, 2.75) is 12.3 Å². The number of para-hydroxylation sites is 11. The van der Waals surface area contributed by atoms with Crippen molar-refractivity contribution in [1.82, 2.24) is 39.9 Å². The van der Waals surface area contributed by atoms with Gasteiger partial charge >= 0.3 is 0 Å². The average Bonchev–Trinajstić information content (AvgIpc) is 1.62. The van der Waals surface area contributed by atoms with Gasteiger partial charge in [-0.3, -0.25) is 20.0 Å². The van der Waals surface area contributed by atoms with Crippen LogP contribution >= 0.6 is 0 Å². The number of aromatic nitrogens is 8. The number of hydrogen-bond acceptors (Lipinski definition) is 16. The number of rotatable bonds is 11. The fraction of sp³-hybridized carbons (Fsp3) is 0.0198. The van der Waals surface area contributed by atoms with E-state index in [1.54, 1.807) is 4.80 Å². The highest BCUT2D eigenvalue weighted by Gasteiger charge is 2.19. The smallest absolute Gasteiger partial charge is 0.227 e. The highest BCUT2D eigenvalue weighted by molar-refractivity contribution is 6.10. The average molecular weight is 1560 g/mol. The van der Waals surface area contributed by atoms with Crippen molar-refractivity contribution in [3.8, 4) is 28.6 Å². The Morgan fingerprint density at radius 1 is 0.267 bits per heavy atom. The second-order valence-corrected chi connectivity index (χ2v) is 28.9. The van der Waals surface area contributed by atoms with Crippen molar-refractivity contribution in [2.24, 2.45) is 20.0 Å². The Labute approximate surface area is 683 Å². The Hall–Kier alpha value is -16.7. The molecule has 25 rings (SSSR count). The van der Waals surface area contributed by atoms with Crippen LogP contribution < -0.4 is 37.4 Å². The second-order valence-electron chi connectivity index (χ2n) is 28.9. The fourth-order valence-electron chi connectivity index (χ4n) is 15.2. The van der Waals surface area contributed by atoms with Crippen molar-refractivity contribution < 1.29 is 17.7 Å². The van der Waals surface area contributed by atoms with Crippen LogP contribution in [0.3, 0.4) is 0 Å². The van der Waals surface area contributed by atoms with E-state index in [0.717, 1.165) is 172 Å². The summed E-state index contributed by atoms with van der Waals surface area (Å²) in [4.78, 5) is 40.9. The molecule has 1 unspecified atom stereocenters. The number of benzene rings is 16. The number of fused-ring (bicyclic) bond motifs is 15. The lowest BCUT2D eigenvalue weighted by atomic mass is 10.1. The summed E-state index contributed by atoms with van der Waals surface area (Å²) >= 11 is 0. The van der Waals surface area contributed by atoms with Gasteiger partial charge in [-0.25, -0.2) is 15.0 Å². The molecule has 0 aliphatic carbocycles. The summed E-state index contributed by atoms with van der Waals surface area (Å²) in [5, 5.41) is 30.0. The zero-order valence-electron chi connectivity index (χ0n) is 64.1. The van der Waals surface area contributed by atoms with E-state index in [-0.39, 0.29) is 12.3 Å². The molecule has 0 spiro atoms. The lowest BCUT2D eigenvalue weighted by Gasteiger charge is -2.10. The van der Waals surface area contributed by atoms with Crippen LogP contribution in [0.2, 0.25) is 0 Å². The first-order valence-electron chi connectivity index (χ1n) is 39.3. The minimum absolute atomic E-state index is 0.144. The number of nitrogens with one attached hydrogen (secondary N) is 5. The minimum Gasteiger partial charge on any atom is -0.456 e. The molecule has 0 saturated heterocycles. The lowest BCUT2D eigenvalue weighted by molar-refractivity contribution is 0.602. The molecule has 0 saturated carbocycles. The van der Waals surface area contributed by atoms with Gasteiger partial charge in [0.05, 0.1) is 27.1 Å². The van der Waals surface area contributed by atoms with Crippen molar-refractivity contribution >= 4 is 144 Å². The highest BCUT2D eigenvalue weighted by Crippen LogP contribution is 2.36. The molecule has 7 aromatic heterocycles. The van der Waals surface area contributed by atoms with E-state index in [1.165, 1.54) is 27.9 Å². The maximum Gasteiger partial charge on any atom is 0.227 e. The van der Waals surface area contributed by atoms with Crippen LogP contribution in [-0.2, 0) is 0 Å². The fourth-order valence-corrected chi connectivity index (χ4v) is 15.2. The van der Waals surface area contributed by atoms with Gasteiger partial charge < -0.3 is 43.6 Å². The minimum atomic E-state index is -0.275. The van der Waals surface area contributed by atoms with Gasteiger partial charge in [0.1, 0.15) is 38.7 Å². The van der Waals surface area contributed by atoms with Crippen LogP contribution in [0.4, 0.5) is 34.1 Å². The normalized spacial score (nSPS) is 12.7. The van der Waals surface area contributed by atoms with Crippen LogP contribution in [-0.4, -0.2) is 39.9 Å². The summed E-state index contributed by atoms with van der Waals surface area (Å²) in [5.74, 6) is 1.31. The number of H-pyrrole nitrogens is 2. The van der Waals surface area contributed by atoms with Crippen LogP contribution in [0.15, 0.2) is 414 Å². The first-order chi connectivity index (χ1) is 59.3. The number of anilines is 6. The van der Waals surface area contributed by atoms with E-state index >= 15 is 0 Å². The van der Waals surface area contributed by atoms with Gasteiger partial charge in [-0.1, -0.05) is 176 Å². The van der Waals surface area contributed by atoms with Gasteiger partial charge in [-0.15, -0.1) is 10.2 Å². The molecule has 5 N–H and O–H groups in total. The third-order valence-corrected chi connectivity index (χ3v) is 21.0. The third-order valence-electron chi connectivity index (χ3n) is 21.0. The van der Waals surface area contributed by atoms with Gasteiger partial charge in [-0.2, -0.15) is 4.80 Å². The Bertz CT molecular complexity index is 7910. The Morgan fingerprint density at radius 2 is 0.742 bits per heavy atom. The quantitative estimate of drug-likeness (QED) is 0.0813. The summed E-state index contributed by atoms with van der Waals surface area (Å²) in [6.45, 7) is 0. The number of oxazole rings is 3. The summed E-state index contributed by atoms with van der Waals surface area (Å²) < 4.78 is 23.1. The molecule has 0 fully saturated rings. The first-order valence-corrected chi connectivity index (χ1v) is 39.3. The van der Waals surface area contributed by atoms with E-state index in [2.05, 4.69) is 164 Å². The molecule has 23 aromatic rings. The van der Waals surface area contributed by atoms with Crippen molar-refractivity contribution in [2.75, 3.05) is 16.0 Å². The van der Waals surface area contributed by atoms with Crippen LogP contribution in [0.5, 0.6) is 0 Å². The van der Waals surface area contributed by atoms with E-state index in [0.29, 0.717) is 11.8 Å². The molecule has 2 aliphatic heterocycles. The van der Waals surface area contributed by atoms with E-state index in [1.807, 2.05) is 267 Å². The molecule has 19 nitrogen and oxygen atoms in total. The summed E-state index contributed by atoms with van der Waals surface area (Å²) in [5.41, 5.74) is 24.1. The maximum absolute atomic E-state index is 6.03. The molecule has 16 aromatic carbocycles. The molecule has 0 bridgehead atoms. The standard InChI is InChI=1S/C26H16N4O2.C19H15N3.2C19H12N2O.C18H14N4/c1-2-4-23-18(3-1)19-8-5-15(11-24(19)32-23)26-29-20-9-6-16(12-22(20)30-26)28-17-7-10-21-25(13-17)31-14-27-21;1-2-8-15(9-3-1)20-16-10-6-7-14(13-16)19-21-17-11-4-5-12-18(17)22-19;1-2-6-15-13(5-1)14-11-12(9-10-16(14)20-15)19-21-17-7-3-4-8-18(17)22-19;1-2-6-15-13(5-1)14-10-9-12(11-17(14)20-15)19-21-16-7-3-4-8-18(16)22-19;1-2-7-14(8-3-1)19-15-9-6-10-16(13-15)22-20-17-11-4-5-12-18(17)21-22/h1-14,26,28H;1-13,19-20H;2*1-11,20H;1-13,19H. The number of aromatic amines is 2. The van der Waals surface area contributed by atoms with Crippen LogP contribution in [0.25, 0.3) is 138 Å². The van der Waals surface area contributed by atoms with Gasteiger partial charge in [0, 0.05) is 117 Å². The molecule has 0 radical (unpaired) electrons. The molecule has 572 valence electrons. The molecule has 1 atom stereocenters. The van der Waals surface area contributed by atoms with Crippen molar-refractivity contribution in [1.29, 1.82) is 0 Å². The van der Waals surface area contributed by atoms with E-state index in [9.17, 15) is 0 Å². The highest BCUT2D eigenvalue weighted by atomic mass is 16.4. The predicted octanol–water partition coefficient (Wildman–Crippen LogP) is 23.2. The Kier molecular flexibility index (Phi) is 18.5. The van der Waals surface area contributed by atoms with Crippen LogP contribution in [0.1, 0.15) is 23.5 Å². The molecular weight excluding hydrogens is 1490 g/mol. The lowest BCUT2D eigenvalue weighted by Crippen LogP contribution is -2.21. The molecule has 2 aliphatic rings. The maximum atomic E-state index is 6.03. The number of furan rings is 1. The predicted molar refractivity (Wildman–Crippen MR) is 476 cm³/mol. The summed E-state index contributed by atoms with van der Waals surface area (Å²) in [7, 11) is 0.